The monoisotopic (exact) mass is 254 g/mol. The maximum atomic E-state index is 10.7. The molecule has 96 valence electrons. The summed E-state index contributed by atoms with van der Waals surface area (Å²) < 4.78 is 5.51. The van der Waals surface area contributed by atoms with E-state index in [9.17, 15) is 4.79 Å². The lowest BCUT2D eigenvalue weighted by Gasteiger charge is -2.19. The molecule has 0 radical (unpaired) electrons. The minimum Gasteiger partial charge on any atom is -0.464 e. The van der Waals surface area contributed by atoms with Gasteiger partial charge in [0.2, 0.25) is 0 Å². The molecule has 0 N–H and O–H groups in total. The summed E-state index contributed by atoms with van der Waals surface area (Å²) in [5.41, 5.74) is 1.76. The number of rotatable bonds is 4. The molecule has 0 bridgehead atoms. The number of nitrogens with zero attached hydrogens (tertiary/aromatic N) is 2. The van der Waals surface area contributed by atoms with Gasteiger partial charge in [-0.2, -0.15) is 5.26 Å². The zero-order valence-corrected chi connectivity index (χ0v) is 10.9. The summed E-state index contributed by atoms with van der Waals surface area (Å²) in [5.74, 6) is 1.70. The summed E-state index contributed by atoms with van der Waals surface area (Å²) in [4.78, 5) is 12.6. The van der Waals surface area contributed by atoms with E-state index in [0.717, 1.165) is 23.5 Å². The second-order valence-electron chi connectivity index (χ2n) is 4.37. The van der Waals surface area contributed by atoms with Crippen LogP contribution >= 0.6 is 0 Å². The number of nitriles is 1. The minimum absolute atomic E-state index is 0.482. The number of furan rings is 1. The number of hydrogen-bond donors (Lipinski definition) is 0. The van der Waals surface area contributed by atoms with Crippen molar-refractivity contribution in [3.63, 3.8) is 0 Å². The topological polar surface area (TPSA) is 57.2 Å². The number of aldehydes is 1. The van der Waals surface area contributed by atoms with E-state index in [1.54, 1.807) is 18.2 Å². The van der Waals surface area contributed by atoms with E-state index in [0.29, 0.717) is 17.7 Å². The molecule has 19 heavy (non-hydrogen) atoms. The second-order valence-corrected chi connectivity index (χ2v) is 4.37. The van der Waals surface area contributed by atoms with E-state index in [1.165, 1.54) is 0 Å². The first-order chi connectivity index (χ1) is 9.13. The Kier molecular flexibility index (Phi) is 3.67. The highest BCUT2D eigenvalue weighted by atomic mass is 16.3. The first kappa shape index (κ1) is 12.9. The molecule has 1 aromatic carbocycles. The third-order valence-corrected chi connectivity index (χ3v) is 2.88. The largest absolute Gasteiger partial charge is 0.464 e. The summed E-state index contributed by atoms with van der Waals surface area (Å²) in [6.07, 6.45) is 0.737. The molecule has 0 amide bonds. The van der Waals surface area contributed by atoms with E-state index in [-0.39, 0.29) is 0 Å². The molecule has 2 aromatic rings. The molecule has 0 fully saturated rings. The normalized spacial score (nSPS) is 9.95. The van der Waals surface area contributed by atoms with Gasteiger partial charge in [-0.25, -0.2) is 0 Å². The van der Waals surface area contributed by atoms with Crippen molar-refractivity contribution in [1.82, 2.24) is 0 Å². The Hall–Kier alpha value is -2.54. The Bertz CT molecular complexity index is 638. The summed E-state index contributed by atoms with van der Waals surface area (Å²) in [7, 11) is 1.88. The van der Waals surface area contributed by atoms with Crippen LogP contribution < -0.4 is 4.90 Å². The molecule has 0 saturated carbocycles. The number of benzene rings is 1. The molecule has 0 saturated heterocycles. The molecule has 0 aliphatic carbocycles. The molecule has 0 aliphatic rings. The van der Waals surface area contributed by atoms with Crippen molar-refractivity contribution in [1.29, 1.82) is 5.26 Å². The number of anilines is 1. The van der Waals surface area contributed by atoms with Crippen molar-refractivity contribution in [2.24, 2.45) is 0 Å². The van der Waals surface area contributed by atoms with Crippen LogP contribution in [-0.4, -0.2) is 13.3 Å². The van der Waals surface area contributed by atoms with Crippen LogP contribution in [0.4, 0.5) is 5.69 Å². The van der Waals surface area contributed by atoms with Gasteiger partial charge in [0.05, 0.1) is 17.8 Å². The second kappa shape index (κ2) is 5.40. The highest BCUT2D eigenvalue weighted by Crippen LogP contribution is 2.22. The highest BCUT2D eigenvalue weighted by molar-refractivity contribution is 5.78. The van der Waals surface area contributed by atoms with Crippen molar-refractivity contribution in [3.8, 4) is 6.07 Å². The van der Waals surface area contributed by atoms with Gasteiger partial charge in [-0.05, 0) is 37.3 Å². The van der Waals surface area contributed by atoms with Gasteiger partial charge in [0.25, 0.3) is 0 Å². The van der Waals surface area contributed by atoms with Gasteiger partial charge < -0.3 is 9.32 Å². The molecule has 0 atom stereocenters. The van der Waals surface area contributed by atoms with E-state index in [4.69, 9.17) is 9.68 Å². The van der Waals surface area contributed by atoms with Gasteiger partial charge >= 0.3 is 0 Å². The Morgan fingerprint density at radius 1 is 1.37 bits per heavy atom. The number of hydrogen-bond acceptors (Lipinski definition) is 4. The molecule has 1 heterocycles. The predicted octanol–water partition coefficient (Wildman–Crippen LogP) is 2.91. The van der Waals surface area contributed by atoms with Crippen LogP contribution in [0.2, 0.25) is 0 Å². The van der Waals surface area contributed by atoms with Crippen LogP contribution in [0.15, 0.2) is 34.7 Å². The number of aryl methyl sites for hydroxylation is 1. The average Bonchev–Trinajstić information content (AvgIpc) is 2.83. The summed E-state index contributed by atoms with van der Waals surface area (Å²) in [6, 6.07) is 11.0. The average molecular weight is 254 g/mol. The third kappa shape index (κ3) is 2.83. The zero-order chi connectivity index (χ0) is 13.8. The van der Waals surface area contributed by atoms with Gasteiger partial charge in [-0.1, -0.05) is 0 Å². The van der Waals surface area contributed by atoms with Gasteiger partial charge in [0.1, 0.15) is 23.9 Å². The van der Waals surface area contributed by atoms with Gasteiger partial charge in [-0.3, -0.25) is 4.79 Å². The van der Waals surface area contributed by atoms with Crippen LogP contribution in [0.3, 0.4) is 0 Å². The van der Waals surface area contributed by atoms with Gasteiger partial charge in [0.15, 0.2) is 0 Å². The molecular weight excluding hydrogens is 240 g/mol. The fraction of sp³-hybridized carbons (Fsp3) is 0.200. The Labute approximate surface area is 111 Å². The maximum absolute atomic E-state index is 10.7. The minimum atomic E-state index is 0.482. The molecule has 0 spiro atoms. The van der Waals surface area contributed by atoms with E-state index >= 15 is 0 Å². The fourth-order valence-corrected chi connectivity index (χ4v) is 1.94. The Morgan fingerprint density at radius 2 is 2.16 bits per heavy atom. The van der Waals surface area contributed by atoms with E-state index < -0.39 is 0 Å². The molecule has 4 heteroatoms. The van der Waals surface area contributed by atoms with E-state index in [2.05, 4.69) is 6.07 Å². The van der Waals surface area contributed by atoms with Crippen molar-refractivity contribution >= 4 is 12.0 Å². The lowest BCUT2D eigenvalue weighted by Crippen LogP contribution is -2.17. The Morgan fingerprint density at radius 3 is 2.74 bits per heavy atom. The smallest absolute Gasteiger partial charge is 0.150 e. The van der Waals surface area contributed by atoms with Crippen LogP contribution in [-0.2, 0) is 6.54 Å². The van der Waals surface area contributed by atoms with Crippen molar-refractivity contribution in [3.05, 3.63) is 53.0 Å². The highest BCUT2D eigenvalue weighted by Gasteiger charge is 2.10. The predicted molar refractivity (Wildman–Crippen MR) is 72.1 cm³/mol. The Balaban J connectivity index is 2.26. The van der Waals surface area contributed by atoms with Crippen LogP contribution in [0.25, 0.3) is 0 Å². The lowest BCUT2D eigenvalue weighted by atomic mass is 10.1. The van der Waals surface area contributed by atoms with Crippen LogP contribution in [0.1, 0.15) is 27.4 Å². The number of carbonyl (C=O) groups is 1. The summed E-state index contributed by atoms with van der Waals surface area (Å²) >= 11 is 0. The molecule has 0 aliphatic heterocycles. The standard InChI is InChI=1S/C15H14N2O2/c1-11-3-5-14(19-11)9-17(2)15-6-4-12(10-18)7-13(15)8-16/h3-7,10H,9H2,1-2H3. The summed E-state index contributed by atoms with van der Waals surface area (Å²) in [6.45, 7) is 2.46. The molecule has 1 aromatic heterocycles. The summed E-state index contributed by atoms with van der Waals surface area (Å²) in [5, 5.41) is 9.14. The quantitative estimate of drug-likeness (QED) is 0.787. The van der Waals surface area contributed by atoms with Crippen LogP contribution in [0, 0.1) is 18.3 Å². The maximum Gasteiger partial charge on any atom is 0.150 e. The third-order valence-electron chi connectivity index (χ3n) is 2.88. The van der Waals surface area contributed by atoms with Crippen LogP contribution in [0.5, 0.6) is 0 Å². The van der Waals surface area contributed by atoms with E-state index in [1.807, 2.05) is 31.0 Å². The SMILES string of the molecule is Cc1ccc(CN(C)c2ccc(C=O)cc2C#N)o1. The first-order valence-electron chi connectivity index (χ1n) is 5.90. The zero-order valence-electron chi connectivity index (χ0n) is 10.9. The molecule has 2 rings (SSSR count). The van der Waals surface area contributed by atoms with Gasteiger partial charge in [0, 0.05) is 12.6 Å². The molecule has 0 unspecified atom stereocenters. The van der Waals surface area contributed by atoms with Gasteiger partial charge in [-0.15, -0.1) is 0 Å². The van der Waals surface area contributed by atoms with Crippen molar-refractivity contribution < 1.29 is 9.21 Å². The first-order valence-corrected chi connectivity index (χ1v) is 5.90. The fourth-order valence-electron chi connectivity index (χ4n) is 1.94. The lowest BCUT2D eigenvalue weighted by molar-refractivity contribution is 0.112. The van der Waals surface area contributed by atoms with Crippen molar-refractivity contribution in [2.75, 3.05) is 11.9 Å². The molecular formula is C15H14N2O2. The number of carbonyl (C=O) groups excluding carboxylic acids is 1. The molecule has 4 nitrogen and oxygen atoms in total. The van der Waals surface area contributed by atoms with Crippen molar-refractivity contribution in [2.45, 2.75) is 13.5 Å².